The summed E-state index contributed by atoms with van der Waals surface area (Å²) in [5, 5.41) is 8.03. The molecule has 22 heavy (non-hydrogen) atoms. The molecule has 0 spiro atoms. The predicted octanol–water partition coefficient (Wildman–Crippen LogP) is 2.28. The Bertz CT molecular complexity index is 775. The van der Waals surface area contributed by atoms with Crippen molar-refractivity contribution < 1.29 is 14.3 Å². The monoisotopic (exact) mass is 476 g/mol. The number of hydrogen-bond donors (Lipinski definition) is 1. The number of carbonyl (C=O) groups excluding carboxylic acids is 1. The zero-order valence-corrected chi connectivity index (χ0v) is 15.1. The highest BCUT2D eigenvalue weighted by atomic mass is 127. The van der Waals surface area contributed by atoms with Gasteiger partial charge in [0.05, 0.1) is 9.78 Å². The van der Waals surface area contributed by atoms with Crippen LogP contribution in [0.5, 0.6) is 11.5 Å². The van der Waals surface area contributed by atoms with Gasteiger partial charge in [0.15, 0.2) is 17.2 Å². The van der Waals surface area contributed by atoms with Crippen molar-refractivity contribution in [1.82, 2.24) is 15.2 Å². The molecule has 2 heterocycles. The normalized spacial score (nSPS) is 12.9. The SMILES string of the molecule is Cn1cc(I)c(C(=O)N/N=C\c2cc3c(cc2Br)OCO3)n1. The molecule has 1 aliphatic heterocycles. The second kappa shape index (κ2) is 6.24. The van der Waals surface area contributed by atoms with Gasteiger partial charge in [-0.1, -0.05) is 0 Å². The van der Waals surface area contributed by atoms with Crippen molar-refractivity contribution in [2.45, 2.75) is 0 Å². The Morgan fingerprint density at radius 2 is 2.23 bits per heavy atom. The fourth-order valence-electron chi connectivity index (χ4n) is 1.86. The first kappa shape index (κ1) is 15.3. The van der Waals surface area contributed by atoms with E-state index >= 15 is 0 Å². The average Bonchev–Trinajstić information content (AvgIpc) is 3.04. The first-order valence-corrected chi connectivity index (χ1v) is 8.03. The molecule has 9 heteroatoms. The highest BCUT2D eigenvalue weighted by molar-refractivity contribution is 14.1. The second-order valence-electron chi connectivity index (χ2n) is 4.43. The fraction of sp³-hybridized carbons (Fsp3) is 0.154. The number of aromatic nitrogens is 2. The van der Waals surface area contributed by atoms with Crippen LogP contribution in [0.2, 0.25) is 0 Å². The maximum Gasteiger partial charge on any atom is 0.292 e. The second-order valence-corrected chi connectivity index (χ2v) is 6.44. The molecule has 1 aromatic heterocycles. The third-order valence-electron chi connectivity index (χ3n) is 2.86. The molecule has 0 aliphatic carbocycles. The molecule has 0 saturated carbocycles. The van der Waals surface area contributed by atoms with Crippen molar-refractivity contribution in [3.05, 3.63) is 37.6 Å². The lowest BCUT2D eigenvalue weighted by molar-refractivity contribution is 0.0948. The van der Waals surface area contributed by atoms with Gasteiger partial charge in [-0.25, -0.2) is 5.43 Å². The lowest BCUT2D eigenvalue weighted by Gasteiger charge is -2.01. The molecule has 1 aromatic carbocycles. The molecule has 0 bridgehead atoms. The van der Waals surface area contributed by atoms with Crippen molar-refractivity contribution in [3.63, 3.8) is 0 Å². The van der Waals surface area contributed by atoms with E-state index in [0.29, 0.717) is 17.2 Å². The summed E-state index contributed by atoms with van der Waals surface area (Å²) in [7, 11) is 1.76. The molecular weight excluding hydrogens is 467 g/mol. The third-order valence-corrected chi connectivity index (χ3v) is 4.34. The number of fused-ring (bicyclic) bond motifs is 1. The summed E-state index contributed by atoms with van der Waals surface area (Å²) in [5.74, 6) is 0.962. The Labute approximate surface area is 147 Å². The van der Waals surface area contributed by atoms with E-state index < -0.39 is 0 Å². The lowest BCUT2D eigenvalue weighted by Crippen LogP contribution is -2.19. The number of rotatable bonds is 3. The maximum atomic E-state index is 12.0. The molecule has 1 amide bonds. The quantitative estimate of drug-likeness (QED) is 0.419. The van der Waals surface area contributed by atoms with E-state index in [1.165, 1.54) is 6.21 Å². The van der Waals surface area contributed by atoms with E-state index in [1.807, 2.05) is 0 Å². The van der Waals surface area contributed by atoms with E-state index in [2.05, 4.69) is 54.1 Å². The number of hydrazone groups is 1. The summed E-state index contributed by atoms with van der Waals surface area (Å²) in [6, 6.07) is 3.58. The molecule has 1 aliphatic rings. The highest BCUT2D eigenvalue weighted by Crippen LogP contribution is 2.36. The molecule has 114 valence electrons. The summed E-state index contributed by atoms with van der Waals surface area (Å²) < 4.78 is 13.7. The molecule has 0 radical (unpaired) electrons. The number of halogens is 2. The Balaban J connectivity index is 1.72. The van der Waals surface area contributed by atoms with Gasteiger partial charge < -0.3 is 9.47 Å². The van der Waals surface area contributed by atoms with E-state index in [9.17, 15) is 4.79 Å². The Kier molecular flexibility index (Phi) is 4.34. The van der Waals surface area contributed by atoms with E-state index in [0.717, 1.165) is 13.6 Å². The van der Waals surface area contributed by atoms with Crippen LogP contribution in [0.4, 0.5) is 0 Å². The molecule has 0 unspecified atom stereocenters. The molecule has 7 nitrogen and oxygen atoms in total. The lowest BCUT2D eigenvalue weighted by atomic mass is 10.2. The van der Waals surface area contributed by atoms with Crippen LogP contribution in [-0.2, 0) is 7.05 Å². The van der Waals surface area contributed by atoms with Crippen LogP contribution in [0.15, 0.2) is 27.9 Å². The van der Waals surface area contributed by atoms with Gasteiger partial charge in [-0.15, -0.1) is 0 Å². The standard InChI is InChI=1S/C13H10BrIN4O3/c1-19-5-9(15)12(18-19)13(20)17-16-4-7-2-10-11(3-8(7)14)22-6-21-10/h2-5H,6H2,1H3,(H,17,20)/b16-4-. The number of hydrogen-bond acceptors (Lipinski definition) is 5. The van der Waals surface area contributed by atoms with Crippen molar-refractivity contribution in [2.24, 2.45) is 12.1 Å². The van der Waals surface area contributed by atoms with Crippen molar-refractivity contribution >= 4 is 50.6 Å². The van der Waals surface area contributed by atoms with Gasteiger partial charge in [0.1, 0.15) is 0 Å². The third kappa shape index (κ3) is 3.09. The van der Waals surface area contributed by atoms with Crippen LogP contribution in [0, 0.1) is 3.57 Å². The minimum atomic E-state index is -0.363. The summed E-state index contributed by atoms with van der Waals surface area (Å²) in [4.78, 5) is 12.0. The molecule has 1 N–H and O–H groups in total. The largest absolute Gasteiger partial charge is 0.454 e. The van der Waals surface area contributed by atoms with Gasteiger partial charge in [0, 0.05) is 23.3 Å². The number of ether oxygens (including phenoxy) is 2. The molecule has 0 fully saturated rings. The summed E-state index contributed by atoms with van der Waals surface area (Å²) in [6.07, 6.45) is 3.29. The summed E-state index contributed by atoms with van der Waals surface area (Å²) in [5.41, 5.74) is 3.56. The number of benzene rings is 1. The molecule has 0 atom stereocenters. The zero-order valence-electron chi connectivity index (χ0n) is 11.3. The Hall–Kier alpha value is -1.62. The van der Waals surface area contributed by atoms with Crippen LogP contribution >= 0.6 is 38.5 Å². The Morgan fingerprint density at radius 3 is 2.91 bits per heavy atom. The van der Waals surface area contributed by atoms with Gasteiger partial charge in [-0.2, -0.15) is 10.2 Å². The first-order chi connectivity index (χ1) is 10.5. The van der Waals surface area contributed by atoms with Crippen LogP contribution in [0.25, 0.3) is 0 Å². The van der Waals surface area contributed by atoms with E-state index in [1.54, 1.807) is 30.1 Å². The summed E-state index contributed by atoms with van der Waals surface area (Å²) in [6.45, 7) is 0.206. The highest BCUT2D eigenvalue weighted by Gasteiger charge is 2.16. The topological polar surface area (TPSA) is 77.7 Å². The number of carbonyl (C=O) groups is 1. The number of amides is 1. The van der Waals surface area contributed by atoms with Gasteiger partial charge in [0.2, 0.25) is 6.79 Å². The maximum absolute atomic E-state index is 12.0. The molecule has 2 aromatic rings. The van der Waals surface area contributed by atoms with E-state index in [-0.39, 0.29) is 12.7 Å². The molecular formula is C13H10BrIN4O3. The van der Waals surface area contributed by atoms with Crippen LogP contribution in [0.3, 0.4) is 0 Å². The average molecular weight is 477 g/mol. The molecule has 0 saturated heterocycles. The van der Waals surface area contributed by atoms with Gasteiger partial charge in [0.25, 0.3) is 5.91 Å². The van der Waals surface area contributed by atoms with Crippen molar-refractivity contribution in [2.75, 3.05) is 6.79 Å². The number of aryl methyl sites for hydroxylation is 1. The van der Waals surface area contributed by atoms with Crippen LogP contribution in [-0.4, -0.2) is 28.7 Å². The number of nitrogens with zero attached hydrogens (tertiary/aromatic N) is 3. The Morgan fingerprint density at radius 1 is 1.50 bits per heavy atom. The molecule has 3 rings (SSSR count). The van der Waals surface area contributed by atoms with Gasteiger partial charge in [-0.3, -0.25) is 9.48 Å². The van der Waals surface area contributed by atoms with Crippen LogP contribution in [0.1, 0.15) is 16.1 Å². The van der Waals surface area contributed by atoms with E-state index in [4.69, 9.17) is 9.47 Å². The van der Waals surface area contributed by atoms with Crippen LogP contribution < -0.4 is 14.9 Å². The zero-order chi connectivity index (χ0) is 15.7. The van der Waals surface area contributed by atoms with Gasteiger partial charge >= 0.3 is 0 Å². The van der Waals surface area contributed by atoms with Gasteiger partial charge in [-0.05, 0) is 50.7 Å². The summed E-state index contributed by atoms with van der Waals surface area (Å²) >= 11 is 5.47. The minimum Gasteiger partial charge on any atom is -0.454 e. The van der Waals surface area contributed by atoms with Crippen molar-refractivity contribution in [1.29, 1.82) is 0 Å². The number of nitrogens with one attached hydrogen (secondary N) is 1. The predicted molar refractivity (Wildman–Crippen MR) is 91.3 cm³/mol. The smallest absolute Gasteiger partial charge is 0.292 e. The minimum absolute atomic E-state index is 0.206. The van der Waals surface area contributed by atoms with Crippen molar-refractivity contribution in [3.8, 4) is 11.5 Å². The fourth-order valence-corrected chi connectivity index (χ4v) is 3.04. The first-order valence-electron chi connectivity index (χ1n) is 6.16.